The molecule has 0 spiro atoms. The highest BCUT2D eigenvalue weighted by molar-refractivity contribution is 5.73. The highest BCUT2D eigenvalue weighted by atomic mass is 16.3. The molecule has 3 N–H and O–H groups in total. The zero-order valence-electron chi connectivity index (χ0n) is 14.4. The summed E-state index contributed by atoms with van der Waals surface area (Å²) in [5, 5.41) is 15.8. The van der Waals surface area contributed by atoms with Crippen molar-refractivity contribution in [1.82, 2.24) is 15.5 Å². The smallest absolute Gasteiger partial charge is 0.314 e. The topological polar surface area (TPSA) is 64.6 Å². The summed E-state index contributed by atoms with van der Waals surface area (Å²) < 4.78 is 0. The van der Waals surface area contributed by atoms with E-state index in [4.69, 9.17) is 0 Å². The standard InChI is InChI=1S/C18H29N3O2/c1-13(2)21(15-8-9-15)11-10-19-18(23)20-12-17(22)16-7-5-4-6-14(16)3/h4-7,13,15,17,22H,8-12H2,1-3H3,(H2,19,20,23). The maximum Gasteiger partial charge on any atom is 0.314 e. The number of aryl methyl sites for hydroxylation is 1. The lowest BCUT2D eigenvalue weighted by Gasteiger charge is -2.26. The van der Waals surface area contributed by atoms with Crippen LogP contribution in [0.3, 0.4) is 0 Å². The molecule has 23 heavy (non-hydrogen) atoms. The maximum atomic E-state index is 11.8. The fraction of sp³-hybridized carbons (Fsp3) is 0.611. The monoisotopic (exact) mass is 319 g/mol. The molecule has 1 aliphatic rings. The number of hydrogen-bond acceptors (Lipinski definition) is 3. The first-order chi connectivity index (χ1) is 11.0. The summed E-state index contributed by atoms with van der Waals surface area (Å²) in [6, 6.07) is 8.65. The van der Waals surface area contributed by atoms with Crippen LogP contribution in [-0.4, -0.2) is 47.8 Å². The molecule has 5 heteroatoms. The number of rotatable bonds is 8. The summed E-state index contributed by atoms with van der Waals surface area (Å²) in [5.74, 6) is 0. The lowest BCUT2D eigenvalue weighted by molar-refractivity contribution is 0.171. The van der Waals surface area contributed by atoms with Crippen molar-refractivity contribution < 1.29 is 9.90 Å². The molecule has 0 aliphatic heterocycles. The minimum absolute atomic E-state index is 0.215. The molecule has 0 bridgehead atoms. The molecule has 2 rings (SSSR count). The molecule has 1 atom stereocenters. The van der Waals surface area contributed by atoms with Gasteiger partial charge < -0.3 is 15.7 Å². The number of amides is 2. The molecule has 1 aliphatic carbocycles. The average molecular weight is 319 g/mol. The van der Waals surface area contributed by atoms with Crippen molar-refractivity contribution in [2.45, 2.75) is 51.8 Å². The molecule has 128 valence electrons. The maximum absolute atomic E-state index is 11.8. The largest absolute Gasteiger partial charge is 0.387 e. The van der Waals surface area contributed by atoms with Gasteiger partial charge in [0.1, 0.15) is 0 Å². The number of benzene rings is 1. The Morgan fingerprint density at radius 3 is 2.61 bits per heavy atom. The van der Waals surface area contributed by atoms with Crippen molar-refractivity contribution in [3.05, 3.63) is 35.4 Å². The zero-order chi connectivity index (χ0) is 16.8. The van der Waals surface area contributed by atoms with Crippen LogP contribution in [0.1, 0.15) is 43.9 Å². The Labute approximate surface area is 139 Å². The summed E-state index contributed by atoms with van der Waals surface area (Å²) in [6.45, 7) is 8.05. The van der Waals surface area contributed by atoms with E-state index in [9.17, 15) is 9.90 Å². The molecule has 0 heterocycles. The van der Waals surface area contributed by atoms with Gasteiger partial charge >= 0.3 is 6.03 Å². The van der Waals surface area contributed by atoms with Crippen LogP contribution in [0.25, 0.3) is 0 Å². The number of urea groups is 1. The lowest BCUT2D eigenvalue weighted by atomic mass is 10.0. The Morgan fingerprint density at radius 2 is 2.00 bits per heavy atom. The third-order valence-electron chi connectivity index (χ3n) is 4.34. The number of nitrogens with zero attached hydrogens (tertiary/aromatic N) is 1. The first kappa shape index (κ1) is 17.8. The van der Waals surface area contributed by atoms with Crippen molar-refractivity contribution in [2.24, 2.45) is 0 Å². The van der Waals surface area contributed by atoms with Gasteiger partial charge in [-0.15, -0.1) is 0 Å². The third kappa shape index (κ3) is 5.52. The van der Waals surface area contributed by atoms with E-state index < -0.39 is 6.10 Å². The van der Waals surface area contributed by atoms with Crippen LogP contribution in [-0.2, 0) is 0 Å². The van der Waals surface area contributed by atoms with Gasteiger partial charge in [0, 0.05) is 31.7 Å². The second-order valence-corrected chi connectivity index (χ2v) is 6.57. The second-order valence-electron chi connectivity index (χ2n) is 6.57. The third-order valence-corrected chi connectivity index (χ3v) is 4.34. The van der Waals surface area contributed by atoms with Crippen molar-refractivity contribution in [2.75, 3.05) is 19.6 Å². The van der Waals surface area contributed by atoms with Gasteiger partial charge in [0.05, 0.1) is 6.10 Å². The van der Waals surface area contributed by atoms with Gasteiger partial charge in [0.25, 0.3) is 0 Å². The van der Waals surface area contributed by atoms with Crippen molar-refractivity contribution in [3.63, 3.8) is 0 Å². The molecule has 0 aromatic heterocycles. The summed E-state index contributed by atoms with van der Waals surface area (Å²) >= 11 is 0. The van der Waals surface area contributed by atoms with Crippen LogP contribution in [0.5, 0.6) is 0 Å². The minimum atomic E-state index is -0.680. The molecular formula is C18H29N3O2. The number of carbonyl (C=O) groups excluding carboxylic acids is 1. The van der Waals surface area contributed by atoms with Gasteiger partial charge in [-0.2, -0.15) is 0 Å². The van der Waals surface area contributed by atoms with Gasteiger partial charge in [0.2, 0.25) is 0 Å². The van der Waals surface area contributed by atoms with Gasteiger partial charge in [-0.1, -0.05) is 24.3 Å². The van der Waals surface area contributed by atoms with Crippen LogP contribution in [0.2, 0.25) is 0 Å². The molecular weight excluding hydrogens is 290 g/mol. The Balaban J connectivity index is 1.68. The van der Waals surface area contributed by atoms with Crippen LogP contribution in [0.4, 0.5) is 4.79 Å². The number of aliphatic hydroxyl groups excluding tert-OH is 1. The van der Waals surface area contributed by atoms with Crippen molar-refractivity contribution >= 4 is 6.03 Å². The summed E-state index contributed by atoms with van der Waals surface area (Å²) in [4.78, 5) is 14.3. The lowest BCUT2D eigenvalue weighted by Crippen LogP contribution is -2.43. The fourth-order valence-corrected chi connectivity index (χ4v) is 2.89. The number of nitrogens with one attached hydrogen (secondary N) is 2. The van der Waals surface area contributed by atoms with Gasteiger partial charge in [0.15, 0.2) is 0 Å². The molecule has 1 aromatic carbocycles. The van der Waals surface area contributed by atoms with E-state index >= 15 is 0 Å². The van der Waals surface area contributed by atoms with Gasteiger partial charge in [-0.3, -0.25) is 4.90 Å². The summed E-state index contributed by atoms with van der Waals surface area (Å²) in [7, 11) is 0. The molecule has 0 saturated heterocycles. The van der Waals surface area contributed by atoms with E-state index in [-0.39, 0.29) is 12.6 Å². The SMILES string of the molecule is Cc1ccccc1C(O)CNC(=O)NCCN(C(C)C)C1CC1. The van der Waals surface area contributed by atoms with Crippen LogP contribution >= 0.6 is 0 Å². The van der Waals surface area contributed by atoms with E-state index in [1.54, 1.807) is 0 Å². The Bertz CT molecular complexity index is 513. The fourth-order valence-electron chi connectivity index (χ4n) is 2.89. The van der Waals surface area contributed by atoms with E-state index in [2.05, 4.69) is 29.4 Å². The summed E-state index contributed by atoms with van der Waals surface area (Å²) in [6.07, 6.45) is 1.86. The first-order valence-electron chi connectivity index (χ1n) is 8.50. The molecule has 5 nitrogen and oxygen atoms in total. The highest BCUT2D eigenvalue weighted by Crippen LogP contribution is 2.27. The predicted octanol–water partition coefficient (Wildman–Crippen LogP) is 2.20. The van der Waals surface area contributed by atoms with Crippen LogP contribution < -0.4 is 10.6 Å². The molecule has 1 saturated carbocycles. The van der Waals surface area contributed by atoms with Gasteiger partial charge in [-0.05, 0) is 44.7 Å². The van der Waals surface area contributed by atoms with E-state index in [0.717, 1.165) is 17.7 Å². The van der Waals surface area contributed by atoms with E-state index in [1.807, 2.05) is 31.2 Å². The van der Waals surface area contributed by atoms with Crippen molar-refractivity contribution in [3.8, 4) is 0 Å². The molecule has 1 fully saturated rings. The first-order valence-corrected chi connectivity index (χ1v) is 8.50. The van der Waals surface area contributed by atoms with E-state index in [1.165, 1.54) is 12.8 Å². The average Bonchev–Trinajstić information content (AvgIpc) is 3.34. The number of hydrogen-bond donors (Lipinski definition) is 3. The molecule has 1 unspecified atom stereocenters. The normalized spacial score (nSPS) is 15.7. The van der Waals surface area contributed by atoms with Crippen LogP contribution in [0, 0.1) is 6.92 Å². The Hall–Kier alpha value is -1.59. The molecule has 1 aromatic rings. The van der Waals surface area contributed by atoms with Gasteiger partial charge in [-0.25, -0.2) is 4.79 Å². The van der Waals surface area contributed by atoms with Crippen LogP contribution in [0.15, 0.2) is 24.3 Å². The number of aliphatic hydroxyl groups is 1. The van der Waals surface area contributed by atoms with E-state index in [0.29, 0.717) is 18.6 Å². The zero-order valence-corrected chi connectivity index (χ0v) is 14.4. The molecule has 2 amide bonds. The highest BCUT2D eigenvalue weighted by Gasteiger charge is 2.30. The minimum Gasteiger partial charge on any atom is -0.387 e. The Morgan fingerprint density at radius 1 is 1.30 bits per heavy atom. The quantitative estimate of drug-likeness (QED) is 0.688. The Kier molecular flexibility index (Phi) is 6.42. The second kappa shape index (κ2) is 8.31. The molecule has 0 radical (unpaired) electrons. The number of carbonyl (C=O) groups is 1. The predicted molar refractivity (Wildman–Crippen MR) is 92.4 cm³/mol. The van der Waals surface area contributed by atoms with Crippen molar-refractivity contribution in [1.29, 1.82) is 0 Å². The summed E-state index contributed by atoms with van der Waals surface area (Å²) in [5.41, 5.74) is 1.88.